The van der Waals surface area contributed by atoms with Crippen molar-refractivity contribution < 1.29 is 42.8 Å². The molecule has 12 bridgehead atoms. The van der Waals surface area contributed by atoms with Gasteiger partial charge in [0.25, 0.3) is 0 Å². The van der Waals surface area contributed by atoms with E-state index in [1.165, 1.54) is 0 Å². The van der Waals surface area contributed by atoms with Gasteiger partial charge in [-0.3, -0.25) is 14.4 Å². The Labute approximate surface area is 427 Å². The van der Waals surface area contributed by atoms with E-state index in [9.17, 15) is 14.4 Å². The highest BCUT2D eigenvalue weighted by atomic mass is 16.5. The summed E-state index contributed by atoms with van der Waals surface area (Å²) in [7, 11) is 10.1. The summed E-state index contributed by atoms with van der Waals surface area (Å²) >= 11 is 0. The van der Waals surface area contributed by atoms with E-state index in [1.54, 1.807) is 42.7 Å². The van der Waals surface area contributed by atoms with Gasteiger partial charge >= 0.3 is 0 Å². The predicted octanol–water partition coefficient (Wildman–Crippen LogP) is 12.9. The van der Waals surface area contributed by atoms with Crippen molar-refractivity contribution in [2.24, 2.45) is 0 Å². The maximum Gasteiger partial charge on any atom is 0.150 e. The molecule has 0 fully saturated rings. The van der Waals surface area contributed by atoms with Crippen LogP contribution in [0.25, 0.3) is 0 Å². The van der Waals surface area contributed by atoms with Gasteiger partial charge in [0.15, 0.2) is 0 Å². The van der Waals surface area contributed by atoms with Gasteiger partial charge in [0.1, 0.15) is 53.4 Å². The summed E-state index contributed by atoms with van der Waals surface area (Å²) in [5.41, 5.74) is 14.5. The number of rotatable bonds is 9. The van der Waals surface area contributed by atoms with E-state index < -0.39 is 0 Å². The molecule has 9 nitrogen and oxygen atoms in total. The normalized spacial score (nSPS) is 13.0. The van der Waals surface area contributed by atoms with E-state index in [1.807, 2.05) is 36.4 Å². The first-order chi connectivity index (χ1) is 34.1. The average Bonchev–Trinajstić information content (AvgIpc) is 3.32. The average molecular weight is 973 g/mol. The highest BCUT2D eigenvalue weighted by Crippen LogP contribution is 2.44. The topological polar surface area (TPSA) is 107 Å². The van der Waals surface area contributed by atoms with Crippen LogP contribution in [0, 0.1) is 0 Å². The van der Waals surface area contributed by atoms with Crippen LogP contribution >= 0.6 is 0 Å². The van der Waals surface area contributed by atoms with Gasteiger partial charge in [-0.2, -0.15) is 0 Å². The molecule has 0 N–H and O–H groups in total. The Morgan fingerprint density at radius 3 is 0.528 bits per heavy atom. The molecule has 72 heavy (non-hydrogen) atoms. The molecule has 0 aromatic heterocycles. The minimum absolute atomic E-state index is 0.254. The molecule has 1 aliphatic rings. The van der Waals surface area contributed by atoms with Crippen molar-refractivity contribution in [2.45, 2.75) is 117 Å². The van der Waals surface area contributed by atoms with Crippen LogP contribution in [0.1, 0.15) is 177 Å². The third-order valence-electron chi connectivity index (χ3n) is 14.0. The van der Waals surface area contributed by atoms with Crippen molar-refractivity contribution in [3.05, 3.63) is 173 Å². The Kier molecular flexibility index (Phi) is 15.5. The van der Waals surface area contributed by atoms with E-state index in [0.29, 0.717) is 89.7 Å². The van der Waals surface area contributed by atoms with Crippen molar-refractivity contribution in [2.75, 3.05) is 42.7 Å². The van der Waals surface area contributed by atoms with Gasteiger partial charge in [-0.05, 0) is 136 Å². The molecule has 0 amide bonds. The van der Waals surface area contributed by atoms with Crippen LogP contribution in [0.4, 0.5) is 0 Å². The molecular formula is C63H72O9. The van der Waals surface area contributed by atoms with Crippen LogP contribution in [-0.2, 0) is 54.8 Å². The fourth-order valence-corrected chi connectivity index (χ4v) is 10.5. The van der Waals surface area contributed by atoms with Gasteiger partial charge in [-0.25, -0.2) is 0 Å². The molecule has 0 saturated carbocycles. The summed E-state index contributed by atoms with van der Waals surface area (Å²) in [4.78, 5) is 38.6. The van der Waals surface area contributed by atoms with E-state index in [0.717, 1.165) is 102 Å². The van der Waals surface area contributed by atoms with Crippen molar-refractivity contribution >= 4 is 18.9 Å². The van der Waals surface area contributed by atoms with Gasteiger partial charge < -0.3 is 28.4 Å². The summed E-state index contributed by atoms with van der Waals surface area (Å²) in [5.74, 6) is 4.07. The summed E-state index contributed by atoms with van der Waals surface area (Å²) in [5, 5.41) is 0. The molecule has 0 spiro atoms. The van der Waals surface area contributed by atoms with E-state index in [-0.39, 0.29) is 16.2 Å². The second-order valence-corrected chi connectivity index (χ2v) is 22.3. The number of fused-ring (bicyclic) bond motifs is 12. The molecular weight excluding hydrogens is 901 g/mol. The Bertz CT molecular complexity index is 2570. The first-order valence-electron chi connectivity index (χ1n) is 24.7. The van der Waals surface area contributed by atoms with Crippen LogP contribution in [0.5, 0.6) is 34.5 Å². The zero-order valence-electron chi connectivity index (χ0n) is 45.1. The maximum atomic E-state index is 12.9. The number of aldehydes is 3. The lowest BCUT2D eigenvalue weighted by Gasteiger charge is -2.26. The molecule has 378 valence electrons. The zero-order valence-corrected chi connectivity index (χ0v) is 45.1. The van der Waals surface area contributed by atoms with Gasteiger partial charge in [0.2, 0.25) is 0 Å². The van der Waals surface area contributed by atoms with Crippen LogP contribution in [0.3, 0.4) is 0 Å². The Morgan fingerprint density at radius 1 is 0.278 bits per heavy atom. The monoisotopic (exact) mass is 973 g/mol. The fourth-order valence-electron chi connectivity index (χ4n) is 10.5. The SMILES string of the molecule is COc1c2cc(C=O)cc1Cc1cc(C(C)(C)C)cc(c1OC)Cc1cc(C=O)cc(c1OC)Cc1cc(C(C)(C)C)cc(c1OC)Cc1cc(C=O)cc(c1OC)Cc1cc(C(C)(C)C)cc(c1OC)C2. The lowest BCUT2D eigenvalue weighted by Crippen LogP contribution is -2.15. The second-order valence-electron chi connectivity index (χ2n) is 22.3. The molecule has 0 unspecified atom stereocenters. The number of ether oxygens (including phenoxy) is 6. The first kappa shape index (κ1) is 52.9. The number of carbonyl (C=O) groups excluding carboxylic acids is 3. The number of hydrogen-bond donors (Lipinski definition) is 0. The molecule has 7 rings (SSSR count). The summed E-state index contributed by atoms with van der Waals surface area (Å²) in [6.45, 7) is 19.7. The lowest BCUT2D eigenvalue weighted by molar-refractivity contribution is 0.111. The minimum Gasteiger partial charge on any atom is -0.496 e. The van der Waals surface area contributed by atoms with Gasteiger partial charge in [0.05, 0.1) is 42.7 Å². The third kappa shape index (κ3) is 11.0. The highest BCUT2D eigenvalue weighted by Gasteiger charge is 2.28. The molecule has 6 aromatic rings. The fraction of sp³-hybridized carbons (Fsp3) is 0.381. The predicted molar refractivity (Wildman–Crippen MR) is 287 cm³/mol. The minimum atomic E-state index is -0.254. The first-order valence-corrected chi connectivity index (χ1v) is 24.7. The maximum absolute atomic E-state index is 12.9. The van der Waals surface area contributed by atoms with E-state index in [4.69, 9.17) is 28.4 Å². The molecule has 6 aromatic carbocycles. The van der Waals surface area contributed by atoms with Crippen molar-refractivity contribution in [3.8, 4) is 34.5 Å². The van der Waals surface area contributed by atoms with E-state index >= 15 is 0 Å². The van der Waals surface area contributed by atoms with Crippen LogP contribution in [0.2, 0.25) is 0 Å². The van der Waals surface area contributed by atoms with Crippen molar-refractivity contribution in [1.82, 2.24) is 0 Å². The standard InChI is InChI=1S/C63H72O9/c1-61(2,3)52-28-46-22-40-16-37(34-64)18-42(55(40)67-10)24-48-30-53(62(4,5)6)32-50(59(48)71-14)26-44-20-39(36-66)21-45(57(44)69-12)27-51-33-54(63(7,8)9)31-49(60(51)72-15)25-43-19-38(35-65)17-41(56(43)68-11)23-47(29-52)58(46)70-13/h16-21,28-36H,22-27H2,1-15H3. The highest BCUT2D eigenvalue weighted by molar-refractivity contribution is 5.79. The Balaban J connectivity index is 1.61. The Hall–Kier alpha value is -6.87. The van der Waals surface area contributed by atoms with Crippen LogP contribution in [-0.4, -0.2) is 61.5 Å². The number of hydrogen-bond acceptors (Lipinski definition) is 9. The second kappa shape index (κ2) is 21.1. The molecule has 1 aliphatic carbocycles. The van der Waals surface area contributed by atoms with Crippen molar-refractivity contribution in [3.63, 3.8) is 0 Å². The molecule has 0 aliphatic heterocycles. The number of methoxy groups -OCH3 is 6. The molecule has 0 radical (unpaired) electrons. The lowest BCUT2D eigenvalue weighted by atomic mass is 9.81. The smallest absolute Gasteiger partial charge is 0.150 e. The molecule has 0 heterocycles. The molecule has 9 heteroatoms. The molecule has 0 saturated heterocycles. The quantitative estimate of drug-likeness (QED) is 0.131. The van der Waals surface area contributed by atoms with Gasteiger partial charge in [0, 0.05) is 55.2 Å². The zero-order chi connectivity index (χ0) is 52.4. The van der Waals surface area contributed by atoms with Crippen molar-refractivity contribution in [1.29, 1.82) is 0 Å². The summed E-state index contributed by atoms with van der Waals surface area (Å²) < 4.78 is 38.2. The number of benzene rings is 6. The number of carbonyl (C=O) groups is 3. The molecule has 0 atom stereocenters. The third-order valence-corrected chi connectivity index (χ3v) is 14.0. The summed E-state index contributed by atoms with van der Waals surface area (Å²) in [6.07, 6.45) is 4.98. The van der Waals surface area contributed by atoms with Gasteiger partial charge in [-0.15, -0.1) is 0 Å². The summed E-state index contributed by atoms with van der Waals surface area (Å²) in [6, 6.07) is 24.6. The van der Waals surface area contributed by atoms with Crippen LogP contribution in [0.15, 0.2) is 72.8 Å². The van der Waals surface area contributed by atoms with E-state index in [2.05, 4.69) is 98.7 Å². The van der Waals surface area contributed by atoms with Crippen LogP contribution < -0.4 is 28.4 Å². The largest absolute Gasteiger partial charge is 0.496 e. The Morgan fingerprint density at radius 2 is 0.417 bits per heavy atom. The van der Waals surface area contributed by atoms with Gasteiger partial charge in [-0.1, -0.05) is 98.7 Å².